The van der Waals surface area contributed by atoms with Gasteiger partial charge in [0, 0.05) is 7.11 Å². The maximum Gasteiger partial charge on any atom is 0.0793 e. The first-order chi connectivity index (χ1) is 6.69. The van der Waals surface area contributed by atoms with Gasteiger partial charge in [0.25, 0.3) is 0 Å². The van der Waals surface area contributed by atoms with E-state index in [0.29, 0.717) is 0 Å². The van der Waals surface area contributed by atoms with E-state index < -0.39 is 0 Å². The van der Waals surface area contributed by atoms with Crippen molar-refractivity contribution in [2.24, 2.45) is 5.73 Å². The lowest BCUT2D eigenvalue weighted by atomic mass is 10.0. The lowest BCUT2D eigenvalue weighted by Gasteiger charge is -2.12. The van der Waals surface area contributed by atoms with Crippen LogP contribution in [0.2, 0.25) is 0 Å². The van der Waals surface area contributed by atoms with Crippen LogP contribution < -0.4 is 5.73 Å². The van der Waals surface area contributed by atoms with Crippen LogP contribution in [0.25, 0.3) is 0 Å². The first-order valence-corrected chi connectivity index (χ1v) is 4.68. The van der Waals surface area contributed by atoms with Gasteiger partial charge in [-0.3, -0.25) is 0 Å². The topological polar surface area (TPSA) is 55.5 Å². The van der Waals surface area contributed by atoms with Gasteiger partial charge in [0.1, 0.15) is 0 Å². The van der Waals surface area contributed by atoms with E-state index in [9.17, 15) is 0 Å². The maximum absolute atomic E-state index is 8.86. The Morgan fingerprint density at radius 1 is 1.29 bits per heavy atom. The summed E-state index contributed by atoms with van der Waals surface area (Å²) in [7, 11) is 1.68. The first kappa shape index (κ1) is 11.2. The quantitative estimate of drug-likeness (QED) is 0.763. The lowest BCUT2D eigenvalue weighted by Crippen LogP contribution is -2.14. The summed E-state index contributed by atoms with van der Waals surface area (Å²) in [5.41, 5.74) is 7.73. The predicted molar refractivity (Wildman–Crippen MR) is 55.9 cm³/mol. The van der Waals surface area contributed by atoms with Crippen LogP contribution in [-0.4, -0.2) is 18.8 Å². The third-order valence-electron chi connectivity index (χ3n) is 2.38. The van der Waals surface area contributed by atoms with Crippen LogP contribution in [0.1, 0.15) is 30.2 Å². The Kier molecular flexibility index (Phi) is 4.07. The Morgan fingerprint density at radius 2 is 1.79 bits per heavy atom. The standard InChI is InChI=1S/C11H17NO2/c1-8(14-2)9-3-5-10(6-4-9)11(12)7-13/h3-6,8,11,13H,7,12H2,1-2H3/t8-,11-/m1/s1. The van der Waals surface area contributed by atoms with Gasteiger partial charge in [0.05, 0.1) is 18.8 Å². The fourth-order valence-corrected chi connectivity index (χ4v) is 1.26. The minimum Gasteiger partial charge on any atom is -0.394 e. The highest BCUT2D eigenvalue weighted by molar-refractivity contribution is 5.26. The Hall–Kier alpha value is -0.900. The van der Waals surface area contributed by atoms with Crippen LogP contribution in [0.5, 0.6) is 0 Å². The van der Waals surface area contributed by atoms with Gasteiger partial charge >= 0.3 is 0 Å². The normalized spacial score (nSPS) is 15.1. The van der Waals surface area contributed by atoms with E-state index in [2.05, 4.69) is 0 Å². The first-order valence-electron chi connectivity index (χ1n) is 4.68. The van der Waals surface area contributed by atoms with Crippen molar-refractivity contribution >= 4 is 0 Å². The molecule has 0 aromatic heterocycles. The summed E-state index contributed by atoms with van der Waals surface area (Å²) in [6, 6.07) is 7.50. The molecule has 3 N–H and O–H groups in total. The average Bonchev–Trinajstić information content (AvgIpc) is 2.27. The molecule has 14 heavy (non-hydrogen) atoms. The lowest BCUT2D eigenvalue weighted by molar-refractivity contribution is 0.119. The Balaban J connectivity index is 2.78. The molecule has 0 saturated carbocycles. The molecule has 0 spiro atoms. The second-order valence-electron chi connectivity index (χ2n) is 3.33. The molecule has 3 nitrogen and oxygen atoms in total. The molecule has 0 heterocycles. The highest BCUT2D eigenvalue weighted by Gasteiger charge is 2.06. The third kappa shape index (κ3) is 2.54. The van der Waals surface area contributed by atoms with Crippen molar-refractivity contribution in [1.29, 1.82) is 0 Å². The Labute approximate surface area is 84.5 Å². The number of aliphatic hydroxyl groups excluding tert-OH is 1. The summed E-state index contributed by atoms with van der Waals surface area (Å²) >= 11 is 0. The van der Waals surface area contributed by atoms with Crippen molar-refractivity contribution in [2.75, 3.05) is 13.7 Å². The van der Waals surface area contributed by atoms with Gasteiger partial charge in [0.2, 0.25) is 0 Å². The molecular formula is C11H17NO2. The average molecular weight is 195 g/mol. The molecular weight excluding hydrogens is 178 g/mol. The van der Waals surface area contributed by atoms with Crippen molar-refractivity contribution < 1.29 is 9.84 Å². The number of hydrogen-bond donors (Lipinski definition) is 2. The summed E-state index contributed by atoms with van der Waals surface area (Å²) < 4.78 is 5.18. The summed E-state index contributed by atoms with van der Waals surface area (Å²) in [5.74, 6) is 0. The fourth-order valence-electron chi connectivity index (χ4n) is 1.26. The molecule has 0 saturated heterocycles. The molecule has 0 unspecified atom stereocenters. The minimum absolute atomic E-state index is 0.0286. The maximum atomic E-state index is 8.86. The van der Waals surface area contributed by atoms with Gasteiger partial charge in [-0.25, -0.2) is 0 Å². The molecule has 0 aliphatic carbocycles. The zero-order valence-electron chi connectivity index (χ0n) is 8.60. The van der Waals surface area contributed by atoms with Gasteiger partial charge in [-0.1, -0.05) is 24.3 Å². The van der Waals surface area contributed by atoms with Crippen molar-refractivity contribution in [3.8, 4) is 0 Å². The van der Waals surface area contributed by atoms with Gasteiger partial charge in [-0.05, 0) is 18.1 Å². The number of hydrogen-bond acceptors (Lipinski definition) is 3. The highest BCUT2D eigenvalue weighted by Crippen LogP contribution is 2.18. The van der Waals surface area contributed by atoms with E-state index in [1.807, 2.05) is 31.2 Å². The number of benzene rings is 1. The molecule has 0 radical (unpaired) electrons. The van der Waals surface area contributed by atoms with Crippen LogP contribution in [-0.2, 0) is 4.74 Å². The van der Waals surface area contributed by atoms with Crippen LogP contribution in [0.3, 0.4) is 0 Å². The highest BCUT2D eigenvalue weighted by atomic mass is 16.5. The minimum atomic E-state index is -0.290. The molecule has 1 rings (SSSR count). The van der Waals surface area contributed by atoms with E-state index >= 15 is 0 Å². The summed E-state index contributed by atoms with van der Waals surface area (Å²) in [4.78, 5) is 0. The second kappa shape index (κ2) is 5.10. The summed E-state index contributed by atoms with van der Waals surface area (Å²) in [6.07, 6.45) is 0.0920. The van der Waals surface area contributed by atoms with Crippen molar-refractivity contribution in [3.63, 3.8) is 0 Å². The van der Waals surface area contributed by atoms with Crippen molar-refractivity contribution in [2.45, 2.75) is 19.1 Å². The zero-order valence-corrected chi connectivity index (χ0v) is 8.60. The van der Waals surface area contributed by atoms with Crippen LogP contribution in [0.4, 0.5) is 0 Å². The molecule has 0 fully saturated rings. The van der Waals surface area contributed by atoms with Gasteiger partial charge in [-0.15, -0.1) is 0 Å². The molecule has 1 aromatic rings. The molecule has 2 atom stereocenters. The monoisotopic (exact) mass is 195 g/mol. The smallest absolute Gasteiger partial charge is 0.0793 e. The number of aliphatic hydroxyl groups is 1. The fraction of sp³-hybridized carbons (Fsp3) is 0.455. The number of rotatable bonds is 4. The van der Waals surface area contributed by atoms with Crippen LogP contribution in [0, 0.1) is 0 Å². The largest absolute Gasteiger partial charge is 0.394 e. The van der Waals surface area contributed by atoms with Crippen molar-refractivity contribution in [3.05, 3.63) is 35.4 Å². The zero-order chi connectivity index (χ0) is 10.6. The van der Waals surface area contributed by atoms with E-state index in [1.165, 1.54) is 0 Å². The van der Waals surface area contributed by atoms with E-state index in [1.54, 1.807) is 7.11 Å². The number of ether oxygens (including phenoxy) is 1. The SMILES string of the molecule is CO[C@H](C)c1ccc([C@H](N)CO)cc1. The molecule has 0 aliphatic heterocycles. The predicted octanol–water partition coefficient (Wildman–Crippen LogP) is 1.39. The van der Waals surface area contributed by atoms with Crippen LogP contribution in [0.15, 0.2) is 24.3 Å². The van der Waals surface area contributed by atoms with Crippen LogP contribution >= 0.6 is 0 Å². The second-order valence-corrected chi connectivity index (χ2v) is 3.33. The molecule has 0 amide bonds. The Bertz CT molecular complexity index is 242. The summed E-state index contributed by atoms with van der Waals surface area (Å²) in [5, 5.41) is 8.86. The Morgan fingerprint density at radius 3 is 2.21 bits per heavy atom. The van der Waals surface area contributed by atoms with Gasteiger partial charge in [0.15, 0.2) is 0 Å². The van der Waals surface area contributed by atoms with Crippen molar-refractivity contribution in [1.82, 2.24) is 0 Å². The molecule has 0 aliphatic rings. The number of methoxy groups -OCH3 is 1. The number of nitrogens with two attached hydrogens (primary N) is 1. The molecule has 3 heteroatoms. The third-order valence-corrected chi connectivity index (χ3v) is 2.38. The van der Waals surface area contributed by atoms with E-state index in [-0.39, 0.29) is 18.8 Å². The summed E-state index contributed by atoms with van der Waals surface area (Å²) in [6.45, 7) is 1.96. The van der Waals surface area contributed by atoms with Gasteiger partial charge < -0.3 is 15.6 Å². The van der Waals surface area contributed by atoms with E-state index in [4.69, 9.17) is 15.6 Å². The molecule has 1 aromatic carbocycles. The molecule has 0 bridgehead atoms. The molecule has 78 valence electrons. The van der Waals surface area contributed by atoms with E-state index in [0.717, 1.165) is 11.1 Å². The van der Waals surface area contributed by atoms with Gasteiger partial charge in [-0.2, -0.15) is 0 Å².